The van der Waals surface area contributed by atoms with Crippen molar-refractivity contribution in [3.8, 4) is 0 Å². The van der Waals surface area contributed by atoms with E-state index in [0.29, 0.717) is 0 Å². The first-order valence-corrected chi connectivity index (χ1v) is 12.4. The number of amides is 2. The maximum Gasteiger partial charge on any atom is 0.306 e. The highest BCUT2D eigenvalue weighted by molar-refractivity contribution is 6.06. The molecule has 0 N–H and O–H groups in total. The summed E-state index contributed by atoms with van der Waals surface area (Å²) in [6.07, 6.45) is 2.67. The van der Waals surface area contributed by atoms with E-state index in [1.807, 2.05) is 60.7 Å². The summed E-state index contributed by atoms with van der Waals surface area (Å²) in [5, 5.41) is 4.15. The van der Waals surface area contributed by atoms with E-state index < -0.39 is 23.8 Å². The number of ether oxygens (including phenoxy) is 3. The van der Waals surface area contributed by atoms with Gasteiger partial charge in [0.25, 0.3) is 0 Å². The molecule has 0 spiro atoms. The summed E-state index contributed by atoms with van der Waals surface area (Å²) in [5.41, 5.74) is 0.920. The summed E-state index contributed by atoms with van der Waals surface area (Å²) in [4.78, 5) is 51.0. The number of hydrogen-bond donors (Lipinski definition) is 0. The van der Waals surface area contributed by atoms with Gasteiger partial charge in [-0.2, -0.15) is 0 Å². The Balaban J connectivity index is 0.989. The van der Waals surface area contributed by atoms with Gasteiger partial charge in [0.05, 0.1) is 43.4 Å². The number of imide groups is 1. The molecule has 0 radical (unpaired) electrons. The van der Waals surface area contributed by atoms with E-state index in [1.54, 1.807) is 0 Å². The minimum Gasteiger partial charge on any atom is -0.464 e. The Morgan fingerprint density at radius 1 is 0.784 bits per heavy atom. The zero-order valence-electron chi connectivity index (χ0n) is 20.0. The highest BCUT2D eigenvalue weighted by Gasteiger charge is 2.60. The second kappa shape index (κ2) is 9.44. The summed E-state index contributed by atoms with van der Waals surface area (Å²) in [5.74, 6) is -2.62. The standard InChI is InChI=1S/C29H25NO7/c31-24(35-14-13-30-28(33)26-22-9-10-23(37-22)27(26)29(30)34)11-12-25(32)36-16-21-19-7-3-1-5-17(19)15-18-6-2-4-8-20(18)21/h1-10,15,22-23,26-27H,11-14,16H2. The molecular weight excluding hydrogens is 474 g/mol. The lowest BCUT2D eigenvalue weighted by Gasteiger charge is -2.17. The van der Waals surface area contributed by atoms with Crippen molar-refractivity contribution in [3.63, 3.8) is 0 Å². The minimum atomic E-state index is -0.586. The van der Waals surface area contributed by atoms with Crippen LogP contribution in [0.2, 0.25) is 0 Å². The molecule has 2 fully saturated rings. The van der Waals surface area contributed by atoms with Crippen LogP contribution in [0.3, 0.4) is 0 Å². The van der Waals surface area contributed by atoms with Crippen molar-refractivity contribution >= 4 is 45.3 Å². The van der Waals surface area contributed by atoms with Gasteiger partial charge in [-0.1, -0.05) is 60.7 Å². The molecule has 0 aliphatic carbocycles. The van der Waals surface area contributed by atoms with E-state index in [1.165, 1.54) is 0 Å². The maximum atomic E-state index is 12.6. The Hall–Kier alpha value is -4.04. The van der Waals surface area contributed by atoms with Gasteiger partial charge in [-0.25, -0.2) is 0 Å². The van der Waals surface area contributed by atoms with Gasteiger partial charge >= 0.3 is 11.9 Å². The first-order chi connectivity index (χ1) is 18.0. The van der Waals surface area contributed by atoms with Crippen LogP contribution in [0.1, 0.15) is 18.4 Å². The topological polar surface area (TPSA) is 99.2 Å². The van der Waals surface area contributed by atoms with Crippen LogP contribution in [-0.2, 0) is 40.0 Å². The molecule has 4 unspecified atom stereocenters. The van der Waals surface area contributed by atoms with E-state index >= 15 is 0 Å². The molecule has 2 saturated heterocycles. The lowest BCUT2D eigenvalue weighted by atomic mass is 9.85. The predicted octanol–water partition coefficient (Wildman–Crippen LogP) is 3.30. The number of hydrogen-bond acceptors (Lipinski definition) is 7. The molecule has 8 nitrogen and oxygen atoms in total. The molecule has 2 bridgehead atoms. The van der Waals surface area contributed by atoms with E-state index in [0.717, 1.165) is 32.0 Å². The number of rotatable bonds is 8. The second-order valence-electron chi connectivity index (χ2n) is 9.51. The number of fused-ring (bicyclic) bond motifs is 7. The summed E-state index contributed by atoms with van der Waals surface area (Å²) < 4.78 is 16.3. The monoisotopic (exact) mass is 499 g/mol. The third-order valence-corrected chi connectivity index (χ3v) is 7.37. The third-order valence-electron chi connectivity index (χ3n) is 7.37. The molecular formula is C29H25NO7. The Morgan fingerprint density at radius 3 is 1.92 bits per heavy atom. The maximum absolute atomic E-state index is 12.6. The Morgan fingerprint density at radius 2 is 1.32 bits per heavy atom. The van der Waals surface area contributed by atoms with E-state index in [-0.39, 0.29) is 56.6 Å². The lowest BCUT2D eigenvalue weighted by molar-refractivity contribution is -0.152. The molecule has 6 rings (SSSR count). The second-order valence-corrected chi connectivity index (χ2v) is 9.51. The van der Waals surface area contributed by atoms with Gasteiger partial charge in [-0.15, -0.1) is 0 Å². The highest BCUT2D eigenvalue weighted by atomic mass is 16.5. The van der Waals surface area contributed by atoms with Crippen molar-refractivity contribution in [3.05, 3.63) is 72.3 Å². The van der Waals surface area contributed by atoms with Crippen LogP contribution in [-0.4, -0.2) is 54.0 Å². The average Bonchev–Trinajstić information content (AvgIpc) is 3.60. The van der Waals surface area contributed by atoms with Crippen molar-refractivity contribution in [2.45, 2.75) is 31.7 Å². The lowest BCUT2D eigenvalue weighted by Crippen LogP contribution is -2.37. The predicted molar refractivity (Wildman–Crippen MR) is 133 cm³/mol. The number of carbonyl (C=O) groups is 4. The number of likely N-dealkylation sites (tertiary alicyclic amines) is 1. The van der Waals surface area contributed by atoms with Gasteiger partial charge < -0.3 is 14.2 Å². The zero-order chi connectivity index (χ0) is 25.5. The molecule has 3 aliphatic heterocycles. The molecule has 2 amide bonds. The molecule has 0 saturated carbocycles. The van der Waals surface area contributed by atoms with Crippen LogP contribution in [0.5, 0.6) is 0 Å². The van der Waals surface area contributed by atoms with Crippen molar-refractivity contribution in [1.82, 2.24) is 4.90 Å². The first-order valence-electron chi connectivity index (χ1n) is 12.4. The van der Waals surface area contributed by atoms with Crippen molar-refractivity contribution in [1.29, 1.82) is 0 Å². The summed E-state index contributed by atoms with van der Waals surface area (Å²) in [7, 11) is 0. The van der Waals surface area contributed by atoms with E-state index in [2.05, 4.69) is 6.07 Å². The molecule has 0 aromatic heterocycles. The summed E-state index contributed by atoms with van der Waals surface area (Å²) in [6, 6.07) is 18.0. The molecule has 8 heteroatoms. The first kappa shape index (κ1) is 23.4. The zero-order valence-corrected chi connectivity index (χ0v) is 20.0. The quantitative estimate of drug-likeness (QED) is 0.203. The van der Waals surface area contributed by atoms with Crippen molar-refractivity contribution in [2.75, 3.05) is 13.2 Å². The number of carbonyl (C=O) groups excluding carboxylic acids is 4. The fourth-order valence-corrected chi connectivity index (χ4v) is 5.60. The SMILES string of the molecule is O=C(CCC(=O)OCc1c2ccccc2cc2ccccc12)OCCN1C(=O)C2C3C=CC(O3)C2C1=O. The molecule has 3 heterocycles. The average molecular weight is 500 g/mol. The van der Waals surface area contributed by atoms with Gasteiger partial charge in [0, 0.05) is 5.56 Å². The van der Waals surface area contributed by atoms with Crippen molar-refractivity contribution in [2.24, 2.45) is 11.8 Å². The molecule has 188 valence electrons. The number of benzene rings is 3. The van der Waals surface area contributed by atoms with E-state index in [4.69, 9.17) is 14.2 Å². The van der Waals surface area contributed by atoms with Crippen LogP contribution >= 0.6 is 0 Å². The Kier molecular flexibility index (Phi) is 5.96. The van der Waals surface area contributed by atoms with Gasteiger partial charge in [0.15, 0.2) is 0 Å². The largest absolute Gasteiger partial charge is 0.464 e. The van der Waals surface area contributed by atoms with Crippen molar-refractivity contribution < 1.29 is 33.4 Å². The van der Waals surface area contributed by atoms with Crippen LogP contribution in [0.25, 0.3) is 21.5 Å². The van der Waals surface area contributed by atoms with Crippen LogP contribution in [0, 0.1) is 11.8 Å². The van der Waals surface area contributed by atoms with Gasteiger partial charge in [0.1, 0.15) is 13.2 Å². The fourth-order valence-electron chi connectivity index (χ4n) is 5.60. The third kappa shape index (κ3) is 4.17. The minimum absolute atomic E-state index is 0.00551. The molecule has 4 atom stereocenters. The van der Waals surface area contributed by atoms with Crippen LogP contribution in [0.15, 0.2) is 66.7 Å². The molecule has 37 heavy (non-hydrogen) atoms. The van der Waals surface area contributed by atoms with E-state index in [9.17, 15) is 19.2 Å². The highest BCUT2D eigenvalue weighted by Crippen LogP contribution is 2.44. The molecule has 3 aromatic carbocycles. The van der Waals surface area contributed by atoms with Crippen LogP contribution < -0.4 is 0 Å². The normalized spacial score (nSPS) is 23.7. The number of nitrogens with zero attached hydrogens (tertiary/aromatic N) is 1. The Labute approximate surface area is 212 Å². The van der Waals surface area contributed by atoms with Gasteiger partial charge in [-0.3, -0.25) is 24.1 Å². The van der Waals surface area contributed by atoms with Gasteiger partial charge in [0.2, 0.25) is 11.8 Å². The summed E-state index contributed by atoms with van der Waals surface area (Å²) >= 11 is 0. The van der Waals surface area contributed by atoms with Crippen LogP contribution in [0.4, 0.5) is 0 Å². The molecule has 3 aliphatic rings. The number of esters is 2. The Bertz CT molecular complexity index is 1380. The molecule has 3 aromatic rings. The fraction of sp³-hybridized carbons (Fsp3) is 0.310. The smallest absolute Gasteiger partial charge is 0.306 e. The summed E-state index contributed by atoms with van der Waals surface area (Å²) in [6.45, 7) is -0.0251. The van der Waals surface area contributed by atoms with Gasteiger partial charge in [-0.05, 0) is 27.6 Å².